The smallest absolute Gasteiger partial charge is 0.350 e. The second-order valence-corrected chi connectivity index (χ2v) is 6.82. The summed E-state index contributed by atoms with van der Waals surface area (Å²) in [7, 11) is 0. The molecule has 0 saturated carbocycles. The molecule has 1 fully saturated rings. The summed E-state index contributed by atoms with van der Waals surface area (Å²) in [5.41, 5.74) is -0.343. The van der Waals surface area contributed by atoms with Crippen molar-refractivity contribution < 1.29 is 19.1 Å². The van der Waals surface area contributed by atoms with Crippen LogP contribution >= 0.6 is 11.8 Å². The Labute approximate surface area is 153 Å². The first-order valence-electron chi connectivity index (χ1n) is 7.89. The molecule has 3 rings (SSSR count). The Morgan fingerprint density at radius 3 is 2.81 bits per heavy atom. The van der Waals surface area contributed by atoms with Gasteiger partial charge in [-0.1, -0.05) is 30.0 Å². The molecule has 1 aromatic carbocycles. The van der Waals surface area contributed by atoms with E-state index in [9.17, 15) is 14.4 Å². The number of hydrogen-bond acceptors (Lipinski definition) is 7. The number of rotatable bonds is 5. The molecule has 0 spiro atoms. The quantitative estimate of drug-likeness (QED) is 0.793. The van der Waals surface area contributed by atoms with Crippen LogP contribution in [0.1, 0.15) is 22.7 Å². The lowest BCUT2D eigenvalue weighted by atomic mass is 10.2. The lowest BCUT2D eigenvalue weighted by Gasteiger charge is -2.12. The molecule has 2 aromatic rings. The standard InChI is InChI=1S/C17H17N3O5S/c1-11(21)24-10-15-25-9-14(26-15)20-8-7-13(19-17(20)23)18-16(22)12-5-3-2-4-6-12/h2-8,14-15H,9-10H2,1H3,(H,18,19,22,23)/t14-,15-/m0/s1. The molecule has 1 N–H and O–H groups in total. The summed E-state index contributed by atoms with van der Waals surface area (Å²) in [5.74, 6) is -0.536. The Kier molecular flexibility index (Phi) is 5.69. The summed E-state index contributed by atoms with van der Waals surface area (Å²) in [4.78, 5) is 39.1. The van der Waals surface area contributed by atoms with Crippen LogP contribution in [-0.4, -0.2) is 40.1 Å². The third-order valence-corrected chi connectivity index (χ3v) is 4.83. The molecule has 0 unspecified atom stereocenters. The van der Waals surface area contributed by atoms with Crippen molar-refractivity contribution in [3.63, 3.8) is 0 Å². The van der Waals surface area contributed by atoms with Gasteiger partial charge >= 0.3 is 11.7 Å². The molecule has 0 bridgehead atoms. The SMILES string of the molecule is CC(=O)OC[C@H]1OC[C@@H](n2ccc(NC(=O)c3ccccc3)nc2=O)S1. The van der Waals surface area contributed by atoms with Crippen molar-refractivity contribution in [2.24, 2.45) is 0 Å². The molecular formula is C17H17N3O5S. The molecule has 8 nitrogen and oxygen atoms in total. The van der Waals surface area contributed by atoms with Crippen LogP contribution in [-0.2, 0) is 14.3 Å². The summed E-state index contributed by atoms with van der Waals surface area (Å²) >= 11 is 1.37. The molecule has 1 aliphatic heterocycles. The zero-order chi connectivity index (χ0) is 18.5. The number of anilines is 1. The number of esters is 1. The predicted octanol–water partition coefficient (Wildman–Crippen LogP) is 1.65. The van der Waals surface area contributed by atoms with Gasteiger partial charge in [0.15, 0.2) is 0 Å². The molecule has 26 heavy (non-hydrogen) atoms. The summed E-state index contributed by atoms with van der Waals surface area (Å²) in [6.45, 7) is 1.76. The first-order valence-corrected chi connectivity index (χ1v) is 8.83. The van der Waals surface area contributed by atoms with Crippen LogP contribution in [0.3, 0.4) is 0 Å². The number of carbonyl (C=O) groups is 2. The van der Waals surface area contributed by atoms with Gasteiger partial charge in [0, 0.05) is 18.7 Å². The topological polar surface area (TPSA) is 99.5 Å². The van der Waals surface area contributed by atoms with Crippen molar-refractivity contribution in [3.05, 3.63) is 58.6 Å². The van der Waals surface area contributed by atoms with E-state index in [1.807, 2.05) is 6.07 Å². The summed E-state index contributed by atoms with van der Waals surface area (Å²) in [6, 6.07) is 10.2. The third kappa shape index (κ3) is 4.50. The average Bonchev–Trinajstić information content (AvgIpc) is 3.09. The van der Waals surface area contributed by atoms with Crippen molar-refractivity contribution in [2.45, 2.75) is 17.7 Å². The zero-order valence-electron chi connectivity index (χ0n) is 14.0. The Morgan fingerprint density at radius 2 is 2.12 bits per heavy atom. The van der Waals surface area contributed by atoms with Crippen molar-refractivity contribution >= 4 is 29.5 Å². The Hall–Kier alpha value is -2.65. The van der Waals surface area contributed by atoms with E-state index in [0.717, 1.165) is 0 Å². The molecular weight excluding hydrogens is 358 g/mol. The van der Waals surface area contributed by atoms with Gasteiger partial charge in [-0.15, -0.1) is 0 Å². The summed E-state index contributed by atoms with van der Waals surface area (Å²) in [6.07, 6.45) is 1.56. The first-order chi connectivity index (χ1) is 12.5. The predicted molar refractivity (Wildman–Crippen MR) is 95.9 cm³/mol. The van der Waals surface area contributed by atoms with Gasteiger partial charge in [0.25, 0.3) is 5.91 Å². The van der Waals surface area contributed by atoms with Gasteiger partial charge < -0.3 is 14.8 Å². The van der Waals surface area contributed by atoms with E-state index in [-0.39, 0.29) is 35.1 Å². The van der Waals surface area contributed by atoms with Crippen LogP contribution in [0.5, 0.6) is 0 Å². The largest absolute Gasteiger partial charge is 0.462 e. The normalized spacial score (nSPS) is 19.1. The molecule has 1 saturated heterocycles. The van der Waals surface area contributed by atoms with Crippen LogP contribution < -0.4 is 11.0 Å². The van der Waals surface area contributed by atoms with Gasteiger partial charge in [-0.3, -0.25) is 14.2 Å². The molecule has 1 aromatic heterocycles. The van der Waals surface area contributed by atoms with Gasteiger partial charge in [0.05, 0.1) is 6.61 Å². The number of thioether (sulfide) groups is 1. The minimum absolute atomic E-state index is 0.129. The average molecular weight is 375 g/mol. The molecule has 1 amide bonds. The molecule has 136 valence electrons. The number of carbonyl (C=O) groups excluding carboxylic acids is 2. The van der Waals surface area contributed by atoms with Crippen LogP contribution in [0.2, 0.25) is 0 Å². The highest BCUT2D eigenvalue weighted by atomic mass is 32.2. The van der Waals surface area contributed by atoms with Crippen molar-refractivity contribution in [1.29, 1.82) is 0 Å². The van der Waals surface area contributed by atoms with Crippen molar-refractivity contribution in [3.8, 4) is 0 Å². The lowest BCUT2D eigenvalue weighted by Crippen LogP contribution is -2.27. The monoisotopic (exact) mass is 375 g/mol. The highest BCUT2D eigenvalue weighted by Crippen LogP contribution is 2.34. The van der Waals surface area contributed by atoms with Gasteiger partial charge in [-0.2, -0.15) is 4.98 Å². The molecule has 0 aliphatic carbocycles. The van der Waals surface area contributed by atoms with Crippen LogP contribution in [0.25, 0.3) is 0 Å². The van der Waals surface area contributed by atoms with Crippen LogP contribution in [0.4, 0.5) is 5.82 Å². The molecule has 2 atom stereocenters. The van der Waals surface area contributed by atoms with E-state index in [1.54, 1.807) is 36.5 Å². The van der Waals surface area contributed by atoms with E-state index < -0.39 is 5.69 Å². The van der Waals surface area contributed by atoms with E-state index in [4.69, 9.17) is 9.47 Å². The maximum absolute atomic E-state index is 12.3. The summed E-state index contributed by atoms with van der Waals surface area (Å²) < 4.78 is 11.8. The van der Waals surface area contributed by atoms with Gasteiger partial charge in [-0.25, -0.2) is 4.79 Å². The number of nitrogens with zero attached hydrogens (tertiary/aromatic N) is 2. The van der Waals surface area contributed by atoms with Crippen molar-refractivity contribution in [2.75, 3.05) is 18.5 Å². The fourth-order valence-corrected chi connectivity index (χ4v) is 3.44. The molecule has 0 radical (unpaired) electrons. The first kappa shape index (κ1) is 18.2. The van der Waals surface area contributed by atoms with E-state index in [1.165, 1.54) is 23.3 Å². The minimum Gasteiger partial charge on any atom is -0.462 e. The molecule has 1 aliphatic rings. The Bertz CT molecular complexity index is 855. The number of amides is 1. The second-order valence-electron chi connectivity index (χ2n) is 5.48. The number of benzene rings is 1. The van der Waals surface area contributed by atoms with Crippen molar-refractivity contribution in [1.82, 2.24) is 9.55 Å². The van der Waals surface area contributed by atoms with Gasteiger partial charge in [0.2, 0.25) is 0 Å². The number of ether oxygens (including phenoxy) is 2. The summed E-state index contributed by atoms with van der Waals surface area (Å²) in [5, 5.41) is 2.33. The van der Waals surface area contributed by atoms with E-state index >= 15 is 0 Å². The number of hydrogen-bond donors (Lipinski definition) is 1. The number of nitrogens with one attached hydrogen (secondary N) is 1. The fourth-order valence-electron chi connectivity index (χ4n) is 2.34. The zero-order valence-corrected chi connectivity index (χ0v) is 14.8. The Balaban J connectivity index is 1.64. The maximum Gasteiger partial charge on any atom is 0.350 e. The molecule has 2 heterocycles. The van der Waals surface area contributed by atoms with E-state index in [2.05, 4.69) is 10.3 Å². The van der Waals surface area contributed by atoms with Gasteiger partial charge in [0.1, 0.15) is 23.2 Å². The van der Waals surface area contributed by atoms with Crippen LogP contribution in [0, 0.1) is 0 Å². The Morgan fingerprint density at radius 1 is 1.35 bits per heavy atom. The minimum atomic E-state index is -0.495. The second kappa shape index (κ2) is 8.15. The highest BCUT2D eigenvalue weighted by Gasteiger charge is 2.29. The fraction of sp³-hybridized carbons (Fsp3) is 0.294. The highest BCUT2D eigenvalue weighted by molar-refractivity contribution is 8.00. The van der Waals surface area contributed by atoms with Gasteiger partial charge in [-0.05, 0) is 18.2 Å². The third-order valence-electron chi connectivity index (χ3n) is 3.57. The molecule has 9 heteroatoms. The van der Waals surface area contributed by atoms with E-state index in [0.29, 0.717) is 12.2 Å². The van der Waals surface area contributed by atoms with Crippen LogP contribution in [0.15, 0.2) is 47.4 Å². The maximum atomic E-state index is 12.3. The lowest BCUT2D eigenvalue weighted by molar-refractivity contribution is -0.142. The number of aromatic nitrogens is 2.